The number of methoxy groups -OCH3 is 1. The van der Waals surface area contributed by atoms with Crippen LogP contribution in [-0.4, -0.2) is 19.4 Å². The molecule has 100 valence electrons. The number of aliphatic imine (C=N–C) groups is 1. The highest BCUT2D eigenvalue weighted by Gasteiger charge is 2.21. The van der Waals surface area contributed by atoms with Crippen LogP contribution in [-0.2, 0) is 5.41 Å². The van der Waals surface area contributed by atoms with Gasteiger partial charge in [0.1, 0.15) is 5.75 Å². The van der Waals surface area contributed by atoms with Gasteiger partial charge in [-0.15, -0.1) is 0 Å². The normalized spacial score (nSPS) is 12.4. The van der Waals surface area contributed by atoms with Crippen LogP contribution in [0.1, 0.15) is 51.3 Å². The van der Waals surface area contributed by atoms with E-state index >= 15 is 0 Å². The Kier molecular flexibility index (Phi) is 4.55. The van der Waals surface area contributed by atoms with Gasteiger partial charge >= 0.3 is 0 Å². The molecule has 2 nitrogen and oxygen atoms in total. The predicted molar refractivity (Wildman–Crippen MR) is 79.2 cm³/mol. The van der Waals surface area contributed by atoms with Crippen molar-refractivity contribution < 1.29 is 4.74 Å². The second kappa shape index (κ2) is 5.55. The molecule has 0 fully saturated rings. The van der Waals surface area contributed by atoms with Crippen LogP contribution in [0.3, 0.4) is 0 Å². The Bertz CT molecular complexity index is 439. The van der Waals surface area contributed by atoms with E-state index in [2.05, 4.69) is 58.7 Å². The number of aryl methyl sites for hydroxylation is 1. The molecule has 0 aliphatic carbocycles. The van der Waals surface area contributed by atoms with Crippen molar-refractivity contribution in [1.29, 1.82) is 0 Å². The highest BCUT2D eigenvalue weighted by atomic mass is 16.5. The molecule has 2 heteroatoms. The van der Waals surface area contributed by atoms with Crippen LogP contribution in [0.4, 0.5) is 0 Å². The second-order valence-electron chi connectivity index (χ2n) is 6.06. The van der Waals surface area contributed by atoms with Crippen LogP contribution in [0.5, 0.6) is 5.75 Å². The average molecular weight is 247 g/mol. The van der Waals surface area contributed by atoms with Crippen molar-refractivity contribution in [2.75, 3.05) is 7.11 Å². The highest BCUT2D eigenvalue weighted by Crippen LogP contribution is 2.34. The number of hydrogen-bond donors (Lipinski definition) is 0. The minimum Gasteiger partial charge on any atom is -0.496 e. The lowest BCUT2D eigenvalue weighted by atomic mass is 9.84. The fourth-order valence-corrected chi connectivity index (χ4v) is 1.91. The van der Waals surface area contributed by atoms with Gasteiger partial charge in [-0.2, -0.15) is 0 Å². The Hall–Kier alpha value is -1.31. The monoisotopic (exact) mass is 247 g/mol. The molecule has 1 rings (SSSR count). The van der Waals surface area contributed by atoms with Crippen molar-refractivity contribution >= 4 is 6.21 Å². The standard InChI is InChI=1S/C16H25NO/c1-11(2)17-10-13-8-12(3)9-14(15(13)18-7)16(4,5)6/h8-11H,1-7H3. The number of rotatable bonds is 3. The van der Waals surface area contributed by atoms with E-state index in [9.17, 15) is 0 Å². The zero-order chi connectivity index (χ0) is 13.9. The fourth-order valence-electron chi connectivity index (χ4n) is 1.91. The molecule has 0 atom stereocenters. The molecule has 0 heterocycles. The van der Waals surface area contributed by atoms with Gasteiger partial charge in [0.05, 0.1) is 7.11 Å². The second-order valence-corrected chi connectivity index (χ2v) is 6.06. The lowest BCUT2D eigenvalue weighted by molar-refractivity contribution is 0.396. The molecule has 0 spiro atoms. The largest absolute Gasteiger partial charge is 0.496 e. The fraction of sp³-hybridized carbons (Fsp3) is 0.562. The number of hydrogen-bond acceptors (Lipinski definition) is 2. The van der Waals surface area contributed by atoms with Crippen molar-refractivity contribution in [3.05, 3.63) is 28.8 Å². The average Bonchev–Trinajstić information content (AvgIpc) is 2.24. The first kappa shape index (κ1) is 14.7. The van der Waals surface area contributed by atoms with E-state index in [-0.39, 0.29) is 5.41 Å². The van der Waals surface area contributed by atoms with Crippen molar-refractivity contribution in [3.63, 3.8) is 0 Å². The van der Waals surface area contributed by atoms with E-state index in [0.29, 0.717) is 6.04 Å². The summed E-state index contributed by atoms with van der Waals surface area (Å²) in [6.45, 7) is 12.9. The van der Waals surface area contributed by atoms with E-state index in [1.165, 1.54) is 11.1 Å². The van der Waals surface area contributed by atoms with Crippen LogP contribution in [0.25, 0.3) is 0 Å². The van der Waals surface area contributed by atoms with Gasteiger partial charge in [0.15, 0.2) is 0 Å². The summed E-state index contributed by atoms with van der Waals surface area (Å²) in [5, 5.41) is 0. The first-order valence-electron chi connectivity index (χ1n) is 6.48. The van der Waals surface area contributed by atoms with Crippen LogP contribution in [0, 0.1) is 6.92 Å². The molecule has 0 radical (unpaired) electrons. The van der Waals surface area contributed by atoms with Crippen LogP contribution in [0.15, 0.2) is 17.1 Å². The Morgan fingerprint density at radius 2 is 1.83 bits per heavy atom. The van der Waals surface area contributed by atoms with E-state index in [1.54, 1.807) is 7.11 Å². The Labute approximate surface area is 111 Å². The molecule has 0 N–H and O–H groups in total. The first-order valence-corrected chi connectivity index (χ1v) is 6.48. The van der Waals surface area contributed by atoms with Gasteiger partial charge < -0.3 is 4.74 Å². The molecule has 1 aromatic carbocycles. The van der Waals surface area contributed by atoms with Crippen molar-refractivity contribution in [2.24, 2.45) is 4.99 Å². The summed E-state index contributed by atoms with van der Waals surface area (Å²) >= 11 is 0. The van der Waals surface area contributed by atoms with Gasteiger partial charge in [-0.05, 0) is 37.8 Å². The minimum absolute atomic E-state index is 0.0672. The van der Waals surface area contributed by atoms with Crippen LogP contribution < -0.4 is 4.74 Å². The van der Waals surface area contributed by atoms with Crippen LogP contribution in [0.2, 0.25) is 0 Å². The molecular weight excluding hydrogens is 222 g/mol. The van der Waals surface area contributed by atoms with Gasteiger partial charge in [0.25, 0.3) is 0 Å². The molecule has 0 saturated carbocycles. The van der Waals surface area contributed by atoms with Crippen molar-refractivity contribution in [2.45, 2.75) is 53.0 Å². The Morgan fingerprint density at radius 1 is 1.22 bits per heavy atom. The molecule has 1 aromatic rings. The van der Waals surface area contributed by atoms with E-state index in [4.69, 9.17) is 4.74 Å². The zero-order valence-electron chi connectivity index (χ0n) is 12.7. The summed E-state index contributed by atoms with van der Waals surface area (Å²) < 4.78 is 5.60. The molecule has 0 aliphatic heterocycles. The summed E-state index contributed by atoms with van der Waals surface area (Å²) in [7, 11) is 1.73. The molecule has 0 bridgehead atoms. The Balaban J connectivity index is 3.38. The molecule has 0 aliphatic rings. The smallest absolute Gasteiger partial charge is 0.131 e. The summed E-state index contributed by atoms with van der Waals surface area (Å²) in [5.41, 5.74) is 3.61. The zero-order valence-corrected chi connectivity index (χ0v) is 12.7. The van der Waals surface area contributed by atoms with Gasteiger partial charge in [0, 0.05) is 23.4 Å². The highest BCUT2D eigenvalue weighted by molar-refractivity contribution is 5.85. The molecule has 0 unspecified atom stereocenters. The lowest BCUT2D eigenvalue weighted by Gasteiger charge is -2.24. The van der Waals surface area contributed by atoms with E-state index < -0.39 is 0 Å². The number of benzene rings is 1. The van der Waals surface area contributed by atoms with Gasteiger partial charge in [-0.1, -0.05) is 26.8 Å². The maximum atomic E-state index is 5.60. The third kappa shape index (κ3) is 3.59. The van der Waals surface area contributed by atoms with E-state index in [1.807, 2.05) is 6.21 Å². The summed E-state index contributed by atoms with van der Waals surface area (Å²) in [6, 6.07) is 4.62. The molecule has 0 saturated heterocycles. The molecular formula is C16H25NO. The quantitative estimate of drug-likeness (QED) is 0.736. The third-order valence-corrected chi connectivity index (χ3v) is 2.79. The lowest BCUT2D eigenvalue weighted by Crippen LogP contribution is -2.14. The predicted octanol–water partition coefficient (Wildman–Crippen LogP) is 4.13. The van der Waals surface area contributed by atoms with Gasteiger partial charge in [-0.3, -0.25) is 4.99 Å². The van der Waals surface area contributed by atoms with Crippen molar-refractivity contribution in [3.8, 4) is 5.75 Å². The van der Waals surface area contributed by atoms with Crippen molar-refractivity contribution in [1.82, 2.24) is 0 Å². The summed E-state index contributed by atoms with van der Waals surface area (Å²) in [5.74, 6) is 0.942. The van der Waals surface area contributed by atoms with Gasteiger partial charge in [-0.25, -0.2) is 0 Å². The molecule has 0 aromatic heterocycles. The van der Waals surface area contributed by atoms with Gasteiger partial charge in [0.2, 0.25) is 0 Å². The minimum atomic E-state index is 0.0672. The summed E-state index contributed by atoms with van der Waals surface area (Å²) in [4.78, 5) is 4.46. The number of nitrogens with zero attached hydrogens (tertiary/aromatic N) is 1. The maximum absolute atomic E-state index is 5.60. The number of ether oxygens (including phenoxy) is 1. The topological polar surface area (TPSA) is 21.6 Å². The molecule has 18 heavy (non-hydrogen) atoms. The Morgan fingerprint density at radius 3 is 2.28 bits per heavy atom. The maximum Gasteiger partial charge on any atom is 0.131 e. The molecule has 0 amide bonds. The summed E-state index contributed by atoms with van der Waals surface area (Å²) in [6.07, 6.45) is 1.92. The van der Waals surface area contributed by atoms with E-state index in [0.717, 1.165) is 11.3 Å². The SMILES string of the molecule is COc1c(C=NC(C)C)cc(C)cc1C(C)(C)C. The first-order chi connectivity index (χ1) is 8.25. The van der Waals surface area contributed by atoms with Crippen LogP contribution >= 0.6 is 0 Å². The third-order valence-electron chi connectivity index (χ3n) is 2.79.